The molecule has 24 heavy (non-hydrogen) atoms. The number of carboxylic acids is 1. The maximum absolute atomic E-state index is 12.5. The van der Waals surface area contributed by atoms with Gasteiger partial charge in [-0.05, 0) is 19.8 Å². The van der Waals surface area contributed by atoms with E-state index in [1.807, 2.05) is 49.4 Å². The van der Waals surface area contributed by atoms with Crippen molar-refractivity contribution in [2.45, 2.75) is 19.8 Å². The largest absolute Gasteiger partial charge is 0.481 e. The van der Waals surface area contributed by atoms with E-state index in [-0.39, 0.29) is 5.91 Å². The maximum atomic E-state index is 12.5. The third-order valence-corrected chi connectivity index (χ3v) is 5.05. The molecule has 2 N–H and O–H groups in total. The molecule has 1 amide bonds. The molecule has 0 radical (unpaired) electrons. The number of aliphatic carboxylic acids is 1. The van der Waals surface area contributed by atoms with Crippen LogP contribution in [0.4, 0.5) is 5.13 Å². The van der Waals surface area contributed by atoms with Gasteiger partial charge >= 0.3 is 5.97 Å². The molecule has 2 atom stereocenters. The van der Waals surface area contributed by atoms with E-state index in [2.05, 4.69) is 10.3 Å². The van der Waals surface area contributed by atoms with Crippen molar-refractivity contribution in [3.8, 4) is 11.3 Å². The Balaban J connectivity index is 1.78. The quantitative estimate of drug-likeness (QED) is 0.830. The number of hydrogen-bond donors (Lipinski definition) is 2. The van der Waals surface area contributed by atoms with Crippen LogP contribution in [0.15, 0.2) is 42.5 Å². The van der Waals surface area contributed by atoms with Crippen LogP contribution in [-0.2, 0) is 9.59 Å². The van der Waals surface area contributed by atoms with Crippen LogP contribution in [0.2, 0.25) is 0 Å². The topological polar surface area (TPSA) is 79.3 Å². The molecule has 5 nitrogen and oxygen atoms in total. The average Bonchev–Trinajstić information content (AvgIpc) is 2.96. The Morgan fingerprint density at radius 1 is 1.17 bits per heavy atom. The Labute approximate surface area is 144 Å². The summed E-state index contributed by atoms with van der Waals surface area (Å²) in [5, 5.41) is 12.6. The van der Waals surface area contributed by atoms with Crippen molar-refractivity contribution in [3.05, 3.63) is 47.4 Å². The van der Waals surface area contributed by atoms with E-state index >= 15 is 0 Å². The molecule has 3 rings (SSSR count). The number of allylic oxidation sites excluding steroid dienone is 2. The number of amides is 1. The van der Waals surface area contributed by atoms with Crippen molar-refractivity contribution in [1.82, 2.24) is 4.98 Å². The number of nitrogens with zero attached hydrogens (tertiary/aromatic N) is 1. The molecular formula is C18H18N2O3S. The van der Waals surface area contributed by atoms with Crippen LogP contribution < -0.4 is 5.32 Å². The minimum atomic E-state index is -0.931. The number of aromatic nitrogens is 1. The smallest absolute Gasteiger partial charge is 0.307 e. The number of aryl methyl sites for hydroxylation is 1. The summed E-state index contributed by atoms with van der Waals surface area (Å²) in [6.45, 7) is 1.96. The maximum Gasteiger partial charge on any atom is 0.307 e. The summed E-state index contributed by atoms with van der Waals surface area (Å²) in [6, 6.07) is 9.77. The lowest BCUT2D eigenvalue weighted by molar-refractivity contribution is -0.146. The monoisotopic (exact) mass is 342 g/mol. The first-order chi connectivity index (χ1) is 11.6. The molecule has 1 aromatic carbocycles. The predicted octanol–water partition coefficient (Wildman–Crippen LogP) is 3.72. The summed E-state index contributed by atoms with van der Waals surface area (Å²) in [7, 11) is 0. The average molecular weight is 342 g/mol. The minimum absolute atomic E-state index is 0.278. The molecule has 0 saturated heterocycles. The second-order valence-corrected chi connectivity index (χ2v) is 6.98. The second kappa shape index (κ2) is 6.97. The highest BCUT2D eigenvalue weighted by molar-refractivity contribution is 7.16. The summed E-state index contributed by atoms with van der Waals surface area (Å²) >= 11 is 1.40. The highest BCUT2D eigenvalue weighted by Gasteiger charge is 2.34. The zero-order valence-electron chi connectivity index (χ0n) is 13.2. The molecule has 1 aliphatic rings. The number of benzene rings is 1. The van der Waals surface area contributed by atoms with Gasteiger partial charge in [-0.3, -0.25) is 9.59 Å². The van der Waals surface area contributed by atoms with Gasteiger partial charge < -0.3 is 10.4 Å². The molecule has 124 valence electrons. The van der Waals surface area contributed by atoms with Crippen molar-refractivity contribution >= 4 is 28.3 Å². The molecule has 2 aromatic rings. The summed E-state index contributed by atoms with van der Waals surface area (Å²) < 4.78 is 0. The van der Waals surface area contributed by atoms with Crippen LogP contribution in [0.3, 0.4) is 0 Å². The number of carboxylic acid groups (broad SMARTS) is 1. The fraction of sp³-hybridized carbons (Fsp3) is 0.278. The summed E-state index contributed by atoms with van der Waals surface area (Å²) in [5.74, 6) is -2.44. The van der Waals surface area contributed by atoms with Crippen LogP contribution in [0.5, 0.6) is 0 Å². The lowest BCUT2D eigenvalue weighted by atomic mass is 9.82. The third kappa shape index (κ3) is 3.38. The Morgan fingerprint density at radius 2 is 1.83 bits per heavy atom. The summed E-state index contributed by atoms with van der Waals surface area (Å²) in [4.78, 5) is 29.4. The van der Waals surface area contributed by atoms with E-state index in [0.717, 1.165) is 16.1 Å². The van der Waals surface area contributed by atoms with Crippen LogP contribution in [0.1, 0.15) is 17.7 Å². The zero-order chi connectivity index (χ0) is 17.1. The molecule has 0 saturated carbocycles. The molecule has 0 spiro atoms. The molecule has 0 fully saturated rings. The van der Waals surface area contributed by atoms with E-state index in [9.17, 15) is 14.7 Å². The Hall–Kier alpha value is -2.47. The fourth-order valence-electron chi connectivity index (χ4n) is 2.89. The number of nitrogens with one attached hydrogen (secondary N) is 1. The van der Waals surface area contributed by atoms with Crippen LogP contribution >= 0.6 is 11.3 Å². The van der Waals surface area contributed by atoms with Crippen molar-refractivity contribution in [1.29, 1.82) is 0 Å². The number of thiazole rings is 1. The first-order valence-electron chi connectivity index (χ1n) is 7.78. The Morgan fingerprint density at radius 3 is 2.50 bits per heavy atom. The van der Waals surface area contributed by atoms with E-state index < -0.39 is 17.8 Å². The van der Waals surface area contributed by atoms with E-state index in [1.165, 1.54) is 11.3 Å². The molecule has 6 heteroatoms. The number of hydrogen-bond acceptors (Lipinski definition) is 4. The van der Waals surface area contributed by atoms with Gasteiger partial charge in [0.1, 0.15) is 0 Å². The molecule has 0 bridgehead atoms. The SMILES string of the molecule is Cc1sc(NC(=O)[C@H]2CC=CC[C@H]2C(=O)O)nc1-c1ccccc1. The first kappa shape index (κ1) is 16.4. The zero-order valence-corrected chi connectivity index (χ0v) is 14.0. The van der Waals surface area contributed by atoms with E-state index in [4.69, 9.17) is 0 Å². The fourth-order valence-corrected chi connectivity index (χ4v) is 3.73. The molecular weight excluding hydrogens is 324 g/mol. The molecule has 1 heterocycles. The Bertz CT molecular complexity index is 783. The molecule has 0 unspecified atom stereocenters. The molecule has 1 aromatic heterocycles. The molecule has 0 aliphatic heterocycles. The van der Waals surface area contributed by atoms with Crippen molar-refractivity contribution in [2.75, 3.05) is 5.32 Å². The first-order valence-corrected chi connectivity index (χ1v) is 8.59. The van der Waals surface area contributed by atoms with Crippen LogP contribution in [-0.4, -0.2) is 22.0 Å². The number of rotatable bonds is 4. The van der Waals surface area contributed by atoms with Crippen molar-refractivity contribution in [2.24, 2.45) is 11.8 Å². The highest BCUT2D eigenvalue weighted by Crippen LogP contribution is 2.32. The van der Waals surface area contributed by atoms with Crippen LogP contribution in [0, 0.1) is 18.8 Å². The molecule has 1 aliphatic carbocycles. The standard InChI is InChI=1S/C18H18N2O3S/c1-11-15(12-7-3-2-4-8-12)19-18(24-11)20-16(21)13-9-5-6-10-14(13)17(22)23/h2-8,13-14H,9-10H2,1H3,(H,22,23)(H,19,20,21)/t13-,14+/m0/s1. The number of carbonyl (C=O) groups excluding carboxylic acids is 1. The summed E-state index contributed by atoms with van der Waals surface area (Å²) in [6.07, 6.45) is 4.52. The van der Waals surface area contributed by atoms with Gasteiger partial charge in [-0.2, -0.15) is 0 Å². The van der Waals surface area contributed by atoms with Gasteiger partial charge in [-0.15, -0.1) is 11.3 Å². The van der Waals surface area contributed by atoms with E-state index in [0.29, 0.717) is 18.0 Å². The van der Waals surface area contributed by atoms with Gasteiger partial charge in [-0.1, -0.05) is 42.5 Å². The summed E-state index contributed by atoms with van der Waals surface area (Å²) in [5.41, 5.74) is 1.84. The Kier molecular flexibility index (Phi) is 4.76. The van der Waals surface area contributed by atoms with Crippen molar-refractivity contribution in [3.63, 3.8) is 0 Å². The third-order valence-electron chi connectivity index (χ3n) is 4.16. The van der Waals surface area contributed by atoms with Crippen LogP contribution in [0.25, 0.3) is 11.3 Å². The van der Waals surface area contributed by atoms with E-state index in [1.54, 1.807) is 0 Å². The lowest BCUT2D eigenvalue weighted by Crippen LogP contribution is -2.34. The van der Waals surface area contributed by atoms with Gasteiger partial charge in [0.15, 0.2) is 5.13 Å². The van der Waals surface area contributed by atoms with Crippen molar-refractivity contribution < 1.29 is 14.7 Å². The number of anilines is 1. The van der Waals surface area contributed by atoms with Gasteiger partial charge in [0.25, 0.3) is 0 Å². The highest BCUT2D eigenvalue weighted by atomic mass is 32.1. The van der Waals surface area contributed by atoms with Gasteiger partial charge in [0, 0.05) is 10.4 Å². The lowest BCUT2D eigenvalue weighted by Gasteiger charge is -2.23. The second-order valence-electron chi connectivity index (χ2n) is 5.77. The van der Waals surface area contributed by atoms with Gasteiger partial charge in [0.2, 0.25) is 5.91 Å². The van der Waals surface area contributed by atoms with Gasteiger partial charge in [0.05, 0.1) is 17.5 Å². The number of carbonyl (C=O) groups is 2. The normalized spacial score (nSPS) is 19.9. The van der Waals surface area contributed by atoms with Gasteiger partial charge in [-0.25, -0.2) is 4.98 Å². The predicted molar refractivity (Wildman–Crippen MR) is 93.9 cm³/mol. The minimum Gasteiger partial charge on any atom is -0.481 e.